The highest BCUT2D eigenvalue weighted by molar-refractivity contribution is 6.31. The van der Waals surface area contributed by atoms with Crippen molar-refractivity contribution in [2.45, 2.75) is 6.92 Å². The molecule has 2 N–H and O–H groups in total. The van der Waals surface area contributed by atoms with E-state index >= 15 is 0 Å². The van der Waals surface area contributed by atoms with Gasteiger partial charge in [0.25, 0.3) is 11.8 Å². The van der Waals surface area contributed by atoms with Gasteiger partial charge in [-0.2, -0.15) is 0 Å². The topological polar surface area (TPSA) is 58.2 Å². The number of benzene rings is 3. The normalized spacial score (nSPS) is 10.3. The van der Waals surface area contributed by atoms with E-state index < -0.39 is 5.91 Å². The van der Waals surface area contributed by atoms with Gasteiger partial charge in [-0.25, -0.2) is 4.39 Å². The molecule has 3 aromatic rings. The lowest BCUT2D eigenvalue weighted by Gasteiger charge is -2.10. The minimum absolute atomic E-state index is 0.315. The van der Waals surface area contributed by atoms with Gasteiger partial charge in [-0.05, 0) is 67.1 Å². The van der Waals surface area contributed by atoms with Gasteiger partial charge in [0.15, 0.2) is 0 Å². The molecule has 0 radical (unpaired) electrons. The van der Waals surface area contributed by atoms with Crippen LogP contribution in [-0.4, -0.2) is 11.8 Å². The van der Waals surface area contributed by atoms with E-state index in [-0.39, 0.29) is 11.7 Å². The van der Waals surface area contributed by atoms with Crippen molar-refractivity contribution in [3.05, 3.63) is 94.3 Å². The van der Waals surface area contributed by atoms with Gasteiger partial charge < -0.3 is 10.6 Å². The van der Waals surface area contributed by atoms with E-state index in [1.54, 1.807) is 36.4 Å². The van der Waals surface area contributed by atoms with Gasteiger partial charge in [-0.1, -0.05) is 23.7 Å². The fourth-order valence-electron chi connectivity index (χ4n) is 2.48. The number of halogens is 2. The maximum absolute atomic E-state index is 13.0. The Morgan fingerprint density at radius 3 is 2.11 bits per heavy atom. The molecule has 0 saturated heterocycles. The van der Waals surface area contributed by atoms with E-state index in [9.17, 15) is 14.0 Å². The van der Waals surface area contributed by atoms with Crippen molar-refractivity contribution < 1.29 is 14.0 Å². The van der Waals surface area contributed by atoms with Crippen molar-refractivity contribution in [3.8, 4) is 0 Å². The Kier molecular flexibility index (Phi) is 5.52. The Morgan fingerprint density at radius 2 is 1.44 bits per heavy atom. The van der Waals surface area contributed by atoms with Crippen LogP contribution in [0.25, 0.3) is 0 Å². The Labute approximate surface area is 161 Å². The van der Waals surface area contributed by atoms with Crippen LogP contribution in [-0.2, 0) is 0 Å². The van der Waals surface area contributed by atoms with Crippen LogP contribution < -0.4 is 10.6 Å². The lowest BCUT2D eigenvalue weighted by molar-refractivity contribution is 0.102. The zero-order valence-electron chi connectivity index (χ0n) is 14.4. The molecule has 0 saturated carbocycles. The Hall–Kier alpha value is -3.18. The van der Waals surface area contributed by atoms with Crippen LogP contribution in [0.2, 0.25) is 5.02 Å². The summed E-state index contributed by atoms with van der Waals surface area (Å²) in [6.45, 7) is 1.81. The monoisotopic (exact) mass is 382 g/mol. The third-order valence-corrected chi connectivity index (χ3v) is 4.41. The molecule has 0 atom stereocenters. The number of hydrogen-bond donors (Lipinski definition) is 2. The largest absolute Gasteiger partial charge is 0.322 e. The first-order valence-corrected chi connectivity index (χ1v) is 8.55. The highest BCUT2D eigenvalue weighted by Crippen LogP contribution is 2.23. The standard InChI is InChI=1S/C21H16ClFN2O2/c1-13-18(22)6-3-7-19(13)25-21(27)15-5-2-4-14(12-15)20(26)24-17-10-8-16(23)9-11-17/h2-12H,1H3,(H,24,26)(H,25,27). The first-order chi connectivity index (χ1) is 12.9. The summed E-state index contributed by atoms with van der Waals surface area (Å²) in [6, 6.07) is 17.0. The molecule has 0 heterocycles. The van der Waals surface area contributed by atoms with Crippen LogP contribution >= 0.6 is 11.6 Å². The van der Waals surface area contributed by atoms with Gasteiger partial charge in [-0.3, -0.25) is 9.59 Å². The van der Waals surface area contributed by atoms with Gasteiger partial charge in [0, 0.05) is 27.5 Å². The highest BCUT2D eigenvalue weighted by Gasteiger charge is 2.12. The smallest absolute Gasteiger partial charge is 0.255 e. The van der Waals surface area contributed by atoms with Crippen LogP contribution in [0.4, 0.5) is 15.8 Å². The summed E-state index contributed by atoms with van der Waals surface area (Å²) in [5.41, 5.74) is 2.48. The second kappa shape index (κ2) is 8.01. The minimum atomic E-state index is -0.393. The first kappa shape index (κ1) is 18.6. The summed E-state index contributed by atoms with van der Waals surface area (Å²) in [5.74, 6) is -1.13. The molecule has 0 fully saturated rings. The first-order valence-electron chi connectivity index (χ1n) is 8.17. The zero-order valence-corrected chi connectivity index (χ0v) is 15.2. The Morgan fingerprint density at radius 1 is 0.852 bits per heavy atom. The van der Waals surface area contributed by atoms with E-state index in [1.807, 2.05) is 6.92 Å². The van der Waals surface area contributed by atoms with Gasteiger partial charge in [0.2, 0.25) is 0 Å². The third-order valence-electron chi connectivity index (χ3n) is 4.00. The van der Waals surface area contributed by atoms with Gasteiger partial charge in [0.1, 0.15) is 5.82 Å². The van der Waals surface area contributed by atoms with Crippen LogP contribution in [0.1, 0.15) is 26.3 Å². The fraction of sp³-hybridized carbons (Fsp3) is 0.0476. The second-order valence-corrected chi connectivity index (χ2v) is 6.32. The molecule has 6 heteroatoms. The molecule has 0 unspecified atom stereocenters. The van der Waals surface area contributed by atoms with E-state index in [0.29, 0.717) is 27.5 Å². The summed E-state index contributed by atoms with van der Waals surface area (Å²) in [7, 11) is 0. The number of rotatable bonds is 4. The van der Waals surface area contributed by atoms with E-state index in [2.05, 4.69) is 10.6 Å². The molecular formula is C21H16ClFN2O2. The van der Waals surface area contributed by atoms with Crippen molar-refractivity contribution in [3.63, 3.8) is 0 Å². The van der Waals surface area contributed by atoms with E-state index in [1.165, 1.54) is 30.3 Å². The molecule has 0 aliphatic heterocycles. The van der Waals surface area contributed by atoms with Gasteiger partial charge >= 0.3 is 0 Å². The molecule has 136 valence electrons. The van der Waals surface area contributed by atoms with Crippen LogP contribution in [0.3, 0.4) is 0 Å². The van der Waals surface area contributed by atoms with Crippen LogP contribution in [0.5, 0.6) is 0 Å². The molecule has 0 aliphatic rings. The van der Waals surface area contributed by atoms with Crippen molar-refractivity contribution in [1.82, 2.24) is 0 Å². The third kappa shape index (κ3) is 4.51. The average Bonchev–Trinajstić information content (AvgIpc) is 2.67. The summed E-state index contributed by atoms with van der Waals surface area (Å²) >= 11 is 6.07. The number of carbonyl (C=O) groups is 2. The van der Waals surface area contributed by atoms with Gasteiger partial charge in [-0.15, -0.1) is 0 Å². The lowest BCUT2D eigenvalue weighted by atomic mass is 10.1. The number of hydrogen-bond acceptors (Lipinski definition) is 2. The number of amides is 2. The number of nitrogens with one attached hydrogen (secondary N) is 2. The second-order valence-electron chi connectivity index (χ2n) is 5.91. The molecule has 4 nitrogen and oxygen atoms in total. The predicted octanol–water partition coefficient (Wildman–Crippen LogP) is 5.29. The Bertz CT molecular complexity index is 1000. The molecule has 2 amide bonds. The van der Waals surface area contributed by atoms with Crippen LogP contribution in [0, 0.1) is 12.7 Å². The quantitative estimate of drug-likeness (QED) is 0.644. The molecule has 3 rings (SSSR count). The number of carbonyl (C=O) groups excluding carboxylic acids is 2. The minimum Gasteiger partial charge on any atom is -0.322 e. The molecule has 0 bridgehead atoms. The predicted molar refractivity (Wildman–Crippen MR) is 105 cm³/mol. The molecule has 0 aromatic heterocycles. The van der Waals surface area contributed by atoms with E-state index in [0.717, 1.165) is 5.56 Å². The number of anilines is 2. The molecular weight excluding hydrogens is 367 g/mol. The summed E-state index contributed by atoms with van der Waals surface area (Å²) in [5, 5.41) is 6.01. The molecule has 3 aromatic carbocycles. The van der Waals surface area contributed by atoms with E-state index in [4.69, 9.17) is 11.6 Å². The summed E-state index contributed by atoms with van der Waals surface area (Å²) in [4.78, 5) is 24.9. The zero-order chi connectivity index (χ0) is 19.4. The average molecular weight is 383 g/mol. The van der Waals surface area contributed by atoms with Crippen molar-refractivity contribution in [2.24, 2.45) is 0 Å². The molecule has 27 heavy (non-hydrogen) atoms. The van der Waals surface area contributed by atoms with Crippen molar-refractivity contribution >= 4 is 34.8 Å². The highest BCUT2D eigenvalue weighted by atomic mass is 35.5. The van der Waals surface area contributed by atoms with Crippen molar-refractivity contribution in [1.29, 1.82) is 0 Å². The fourth-order valence-corrected chi connectivity index (χ4v) is 2.65. The van der Waals surface area contributed by atoms with Crippen molar-refractivity contribution in [2.75, 3.05) is 10.6 Å². The summed E-state index contributed by atoms with van der Waals surface area (Å²) in [6.07, 6.45) is 0. The SMILES string of the molecule is Cc1c(Cl)cccc1NC(=O)c1cccc(C(=O)Nc2ccc(F)cc2)c1. The Balaban J connectivity index is 1.76. The molecule has 0 aliphatic carbocycles. The maximum atomic E-state index is 13.0. The summed E-state index contributed by atoms with van der Waals surface area (Å²) < 4.78 is 13.0. The van der Waals surface area contributed by atoms with Crippen LogP contribution in [0.15, 0.2) is 66.7 Å². The maximum Gasteiger partial charge on any atom is 0.255 e. The lowest BCUT2D eigenvalue weighted by Crippen LogP contribution is -2.16. The van der Waals surface area contributed by atoms with Gasteiger partial charge in [0.05, 0.1) is 0 Å². The molecule has 0 spiro atoms.